The lowest BCUT2D eigenvalue weighted by Crippen LogP contribution is -2.33. The normalized spacial score (nSPS) is 19.7. The van der Waals surface area contributed by atoms with E-state index in [0.29, 0.717) is 36.3 Å². The summed E-state index contributed by atoms with van der Waals surface area (Å²) < 4.78 is 5.63. The molecule has 1 heterocycles. The molecule has 124 valence electrons. The molecule has 6 heteroatoms. The van der Waals surface area contributed by atoms with Crippen LogP contribution >= 0.6 is 0 Å². The lowest BCUT2D eigenvalue weighted by molar-refractivity contribution is -0.141. The molecular formula is C18H18N2O4. The number of carboxylic acids is 1. The van der Waals surface area contributed by atoms with Crippen molar-refractivity contribution in [3.8, 4) is 11.5 Å². The van der Waals surface area contributed by atoms with Crippen LogP contribution < -0.4 is 10.1 Å². The highest BCUT2D eigenvalue weighted by Crippen LogP contribution is 2.26. The molecule has 1 aromatic carbocycles. The summed E-state index contributed by atoms with van der Waals surface area (Å²) in [5.41, 5.74) is 0.521. The summed E-state index contributed by atoms with van der Waals surface area (Å²) in [7, 11) is 0. The number of nitrogens with zero attached hydrogens (tertiary/aromatic N) is 1. The number of pyridine rings is 1. The first-order valence-corrected chi connectivity index (χ1v) is 7.83. The van der Waals surface area contributed by atoms with Crippen LogP contribution in [0.4, 0.5) is 0 Å². The zero-order valence-electron chi connectivity index (χ0n) is 13.0. The Bertz CT molecular complexity index is 716. The molecule has 0 radical (unpaired) electrons. The van der Waals surface area contributed by atoms with Crippen LogP contribution in [0, 0.1) is 5.92 Å². The second-order valence-electron chi connectivity index (χ2n) is 5.83. The molecule has 2 N–H and O–H groups in total. The van der Waals surface area contributed by atoms with Crippen molar-refractivity contribution in [2.24, 2.45) is 5.92 Å². The number of ether oxygens (including phenoxy) is 1. The first kappa shape index (κ1) is 16.0. The monoisotopic (exact) mass is 326 g/mol. The fraction of sp³-hybridized carbons (Fsp3) is 0.278. The number of benzene rings is 1. The Labute approximate surface area is 139 Å². The minimum atomic E-state index is -0.788. The van der Waals surface area contributed by atoms with Crippen LogP contribution in [0.3, 0.4) is 0 Å². The van der Waals surface area contributed by atoms with Crippen molar-refractivity contribution in [3.63, 3.8) is 0 Å². The molecule has 0 saturated heterocycles. The molecule has 24 heavy (non-hydrogen) atoms. The molecule has 6 nitrogen and oxygen atoms in total. The van der Waals surface area contributed by atoms with Gasteiger partial charge in [-0.25, -0.2) is 0 Å². The number of hydrogen-bond acceptors (Lipinski definition) is 4. The summed E-state index contributed by atoms with van der Waals surface area (Å²) in [5, 5.41) is 11.9. The molecule has 2 aromatic rings. The van der Waals surface area contributed by atoms with Gasteiger partial charge in [-0.2, -0.15) is 0 Å². The second-order valence-corrected chi connectivity index (χ2v) is 5.83. The standard InChI is InChI=1S/C18H18N2O4/c21-17(20-14-6-3-13(10-14)18(22)23)12-4-7-15(8-5-12)24-16-2-1-9-19-11-16/h1-2,4-5,7-9,11,13-14H,3,6,10H2,(H,20,21)(H,22,23)/t13-,14+/m1/s1. The molecule has 2 atom stereocenters. The third kappa shape index (κ3) is 3.90. The van der Waals surface area contributed by atoms with Crippen LogP contribution in [0.5, 0.6) is 11.5 Å². The third-order valence-corrected chi connectivity index (χ3v) is 4.10. The zero-order valence-corrected chi connectivity index (χ0v) is 13.0. The molecule has 1 aliphatic carbocycles. The van der Waals surface area contributed by atoms with E-state index in [9.17, 15) is 9.59 Å². The lowest BCUT2D eigenvalue weighted by atomic mass is 10.1. The predicted molar refractivity (Wildman–Crippen MR) is 87.0 cm³/mol. The number of aromatic nitrogens is 1. The van der Waals surface area contributed by atoms with Gasteiger partial charge in [0.25, 0.3) is 5.91 Å². The molecule has 1 saturated carbocycles. The van der Waals surface area contributed by atoms with Gasteiger partial charge in [0.2, 0.25) is 0 Å². The number of aliphatic carboxylic acids is 1. The number of rotatable bonds is 5. The molecule has 0 bridgehead atoms. The average Bonchev–Trinajstić information content (AvgIpc) is 3.05. The van der Waals surface area contributed by atoms with Crippen LogP contribution in [-0.2, 0) is 4.79 Å². The highest BCUT2D eigenvalue weighted by Gasteiger charge is 2.30. The van der Waals surface area contributed by atoms with Crippen LogP contribution in [0.25, 0.3) is 0 Å². The van der Waals surface area contributed by atoms with E-state index in [2.05, 4.69) is 10.3 Å². The maximum atomic E-state index is 12.2. The van der Waals surface area contributed by atoms with E-state index in [1.54, 1.807) is 48.8 Å². The summed E-state index contributed by atoms with van der Waals surface area (Å²) >= 11 is 0. The minimum Gasteiger partial charge on any atom is -0.481 e. The molecule has 1 aromatic heterocycles. The first-order valence-electron chi connectivity index (χ1n) is 7.83. The molecule has 0 unspecified atom stereocenters. The first-order chi connectivity index (χ1) is 11.6. The van der Waals surface area contributed by atoms with Crippen molar-refractivity contribution in [3.05, 3.63) is 54.4 Å². The minimum absolute atomic E-state index is 0.0788. The van der Waals surface area contributed by atoms with Gasteiger partial charge in [0.05, 0.1) is 12.1 Å². The summed E-state index contributed by atoms with van der Waals surface area (Å²) in [5.74, 6) is -0.0973. The molecule has 1 amide bonds. The average molecular weight is 326 g/mol. The van der Waals surface area contributed by atoms with E-state index in [4.69, 9.17) is 9.84 Å². The number of carboxylic acid groups (broad SMARTS) is 1. The second kappa shape index (κ2) is 7.12. The Balaban J connectivity index is 1.57. The SMILES string of the molecule is O=C(N[C@H]1CC[C@@H](C(=O)O)C1)c1ccc(Oc2cccnc2)cc1. The van der Waals surface area contributed by atoms with E-state index in [1.165, 1.54) is 0 Å². The van der Waals surface area contributed by atoms with Gasteiger partial charge < -0.3 is 15.2 Å². The van der Waals surface area contributed by atoms with Crippen LogP contribution in [-0.4, -0.2) is 28.0 Å². The molecule has 3 rings (SSSR count). The quantitative estimate of drug-likeness (QED) is 0.882. The molecular weight excluding hydrogens is 308 g/mol. The van der Waals surface area contributed by atoms with Crippen molar-refractivity contribution in [1.29, 1.82) is 0 Å². The summed E-state index contributed by atoms with van der Waals surface area (Å²) in [6, 6.07) is 10.3. The van der Waals surface area contributed by atoms with Crippen LogP contribution in [0.2, 0.25) is 0 Å². The van der Waals surface area contributed by atoms with Crippen LogP contribution in [0.1, 0.15) is 29.6 Å². The highest BCUT2D eigenvalue weighted by molar-refractivity contribution is 5.94. The van der Waals surface area contributed by atoms with Gasteiger partial charge in [0.15, 0.2) is 0 Å². The number of carbonyl (C=O) groups excluding carboxylic acids is 1. The van der Waals surface area contributed by atoms with Crippen molar-refractivity contribution in [2.45, 2.75) is 25.3 Å². The molecule has 1 fully saturated rings. The Morgan fingerprint density at radius 1 is 1.12 bits per heavy atom. The van der Waals surface area contributed by atoms with E-state index < -0.39 is 5.97 Å². The number of hydrogen-bond donors (Lipinski definition) is 2. The summed E-state index contributed by atoms with van der Waals surface area (Å²) in [6.45, 7) is 0. The van der Waals surface area contributed by atoms with Gasteiger partial charge in [-0.15, -0.1) is 0 Å². The maximum absolute atomic E-state index is 12.2. The zero-order chi connectivity index (χ0) is 16.9. The Morgan fingerprint density at radius 2 is 1.92 bits per heavy atom. The lowest BCUT2D eigenvalue weighted by Gasteiger charge is -2.13. The predicted octanol–water partition coefficient (Wildman–Crippen LogP) is 2.86. The van der Waals surface area contributed by atoms with E-state index >= 15 is 0 Å². The Morgan fingerprint density at radius 3 is 2.54 bits per heavy atom. The third-order valence-electron chi connectivity index (χ3n) is 4.10. The number of carbonyl (C=O) groups is 2. The van der Waals surface area contributed by atoms with Crippen molar-refractivity contribution < 1.29 is 19.4 Å². The number of nitrogens with one attached hydrogen (secondary N) is 1. The fourth-order valence-electron chi connectivity index (χ4n) is 2.82. The fourth-order valence-corrected chi connectivity index (χ4v) is 2.82. The molecule has 1 aliphatic rings. The van der Waals surface area contributed by atoms with Gasteiger partial charge in [-0.3, -0.25) is 14.6 Å². The molecule has 0 spiro atoms. The van der Waals surface area contributed by atoms with Gasteiger partial charge in [-0.1, -0.05) is 0 Å². The van der Waals surface area contributed by atoms with Crippen molar-refractivity contribution in [1.82, 2.24) is 10.3 Å². The van der Waals surface area contributed by atoms with Gasteiger partial charge in [0.1, 0.15) is 11.5 Å². The summed E-state index contributed by atoms with van der Waals surface area (Å²) in [6.07, 6.45) is 5.07. The largest absolute Gasteiger partial charge is 0.481 e. The topological polar surface area (TPSA) is 88.5 Å². The van der Waals surface area contributed by atoms with Gasteiger partial charge >= 0.3 is 5.97 Å². The number of amides is 1. The van der Waals surface area contributed by atoms with Gasteiger partial charge in [-0.05, 0) is 55.7 Å². The van der Waals surface area contributed by atoms with E-state index in [1.807, 2.05) is 0 Å². The Hall–Kier alpha value is -2.89. The molecule has 0 aliphatic heterocycles. The van der Waals surface area contributed by atoms with Crippen molar-refractivity contribution in [2.75, 3.05) is 0 Å². The van der Waals surface area contributed by atoms with Crippen molar-refractivity contribution >= 4 is 11.9 Å². The van der Waals surface area contributed by atoms with Crippen LogP contribution in [0.15, 0.2) is 48.8 Å². The summed E-state index contributed by atoms with van der Waals surface area (Å²) in [4.78, 5) is 27.2. The van der Waals surface area contributed by atoms with E-state index in [-0.39, 0.29) is 17.9 Å². The van der Waals surface area contributed by atoms with Gasteiger partial charge in [0, 0.05) is 17.8 Å². The van der Waals surface area contributed by atoms with E-state index in [0.717, 1.165) is 0 Å². The Kier molecular flexibility index (Phi) is 4.74. The smallest absolute Gasteiger partial charge is 0.306 e. The maximum Gasteiger partial charge on any atom is 0.306 e. The highest BCUT2D eigenvalue weighted by atomic mass is 16.5.